The van der Waals surface area contributed by atoms with Crippen molar-refractivity contribution in [3.63, 3.8) is 0 Å². The topological polar surface area (TPSA) is 33.1 Å². The molecule has 0 saturated carbocycles. The van der Waals surface area contributed by atoms with E-state index >= 15 is 0 Å². The van der Waals surface area contributed by atoms with Gasteiger partial charge in [-0.15, -0.1) is 12.4 Å². The van der Waals surface area contributed by atoms with Crippen LogP contribution in [0.3, 0.4) is 0 Å². The molecule has 1 unspecified atom stereocenters. The molecule has 2 heterocycles. The molecule has 1 aliphatic rings. The molecule has 0 bridgehead atoms. The summed E-state index contributed by atoms with van der Waals surface area (Å²) < 4.78 is 1.91. The van der Waals surface area contributed by atoms with Crippen molar-refractivity contribution in [3.8, 4) is 5.69 Å². The van der Waals surface area contributed by atoms with E-state index < -0.39 is 0 Å². The molecule has 2 aromatic rings. The molecule has 1 aromatic carbocycles. The van der Waals surface area contributed by atoms with Gasteiger partial charge >= 0.3 is 0 Å². The van der Waals surface area contributed by atoms with Gasteiger partial charge in [-0.25, -0.2) is 4.68 Å². The van der Waals surface area contributed by atoms with Crippen molar-refractivity contribution in [2.45, 2.75) is 19.5 Å². The quantitative estimate of drug-likeness (QED) is 0.940. The van der Waals surface area contributed by atoms with Gasteiger partial charge in [-0.05, 0) is 30.7 Å². The van der Waals surface area contributed by atoms with Crippen molar-refractivity contribution in [1.82, 2.24) is 20.0 Å². The Bertz CT molecular complexity index is 526. The molecule has 3 rings (SSSR count). The van der Waals surface area contributed by atoms with Crippen LogP contribution >= 0.6 is 12.4 Å². The lowest BCUT2D eigenvalue weighted by molar-refractivity contribution is 0.199. The fraction of sp³-hybridized carbons (Fsp3) is 0.400. The Labute approximate surface area is 126 Å². The number of halogens is 1. The molecular formula is C15H21ClN4. The first kappa shape index (κ1) is 15.0. The smallest absolute Gasteiger partial charge is 0.0648 e. The maximum Gasteiger partial charge on any atom is 0.0648 e. The highest BCUT2D eigenvalue weighted by atomic mass is 35.5. The first-order chi connectivity index (χ1) is 9.31. The van der Waals surface area contributed by atoms with E-state index in [-0.39, 0.29) is 12.4 Å². The largest absolute Gasteiger partial charge is 0.312 e. The summed E-state index contributed by atoms with van der Waals surface area (Å²) in [4.78, 5) is 2.50. The molecule has 20 heavy (non-hydrogen) atoms. The van der Waals surface area contributed by atoms with Crippen LogP contribution in [0, 0.1) is 0 Å². The van der Waals surface area contributed by atoms with Crippen molar-refractivity contribution in [1.29, 1.82) is 0 Å². The molecule has 1 atom stereocenters. The van der Waals surface area contributed by atoms with Crippen LogP contribution in [0.1, 0.15) is 12.5 Å². The standard InChI is InChI=1S/C15H20N4.ClH/c1-13-11-18(9-7-16-13)12-14-4-2-5-15(10-14)19-8-3-6-17-19;/h2-6,8,10,13,16H,7,9,11-12H2,1H3;1H. The zero-order chi connectivity index (χ0) is 13.1. The van der Waals surface area contributed by atoms with Crippen LogP contribution in [0.2, 0.25) is 0 Å². The van der Waals surface area contributed by atoms with E-state index in [1.165, 1.54) is 5.56 Å². The SMILES string of the molecule is CC1CN(Cc2cccc(-n3cccn3)c2)CCN1.Cl. The van der Waals surface area contributed by atoms with Gasteiger partial charge in [0.25, 0.3) is 0 Å². The van der Waals surface area contributed by atoms with E-state index in [1.807, 2.05) is 23.1 Å². The molecule has 4 nitrogen and oxygen atoms in total. The van der Waals surface area contributed by atoms with E-state index in [0.717, 1.165) is 31.9 Å². The average molecular weight is 293 g/mol. The normalized spacial score (nSPS) is 19.6. The Balaban J connectivity index is 0.00000147. The van der Waals surface area contributed by atoms with Gasteiger partial charge in [-0.2, -0.15) is 5.10 Å². The summed E-state index contributed by atoms with van der Waals surface area (Å²) in [7, 11) is 0. The third kappa shape index (κ3) is 3.60. The number of hydrogen-bond acceptors (Lipinski definition) is 3. The van der Waals surface area contributed by atoms with Gasteiger partial charge in [0.05, 0.1) is 5.69 Å². The van der Waals surface area contributed by atoms with Gasteiger partial charge in [0.15, 0.2) is 0 Å². The lowest BCUT2D eigenvalue weighted by Gasteiger charge is -2.31. The minimum absolute atomic E-state index is 0. The summed E-state index contributed by atoms with van der Waals surface area (Å²) in [6.07, 6.45) is 3.79. The van der Waals surface area contributed by atoms with Gasteiger partial charge in [-0.1, -0.05) is 12.1 Å². The highest BCUT2D eigenvalue weighted by Crippen LogP contribution is 2.12. The van der Waals surface area contributed by atoms with Gasteiger partial charge in [0.1, 0.15) is 0 Å². The molecule has 0 amide bonds. The molecule has 0 aliphatic carbocycles. The lowest BCUT2D eigenvalue weighted by atomic mass is 10.1. The van der Waals surface area contributed by atoms with Crippen LogP contribution in [-0.2, 0) is 6.54 Å². The number of nitrogens with zero attached hydrogens (tertiary/aromatic N) is 3. The lowest BCUT2D eigenvalue weighted by Crippen LogP contribution is -2.48. The maximum absolute atomic E-state index is 4.28. The number of nitrogens with one attached hydrogen (secondary N) is 1. The second-order valence-electron chi connectivity index (χ2n) is 5.21. The Morgan fingerprint density at radius 1 is 1.35 bits per heavy atom. The zero-order valence-electron chi connectivity index (χ0n) is 11.7. The number of aromatic nitrogens is 2. The zero-order valence-corrected chi connectivity index (χ0v) is 12.5. The summed E-state index contributed by atoms with van der Waals surface area (Å²) in [5.74, 6) is 0. The molecule has 1 aliphatic heterocycles. The Morgan fingerprint density at radius 3 is 3.00 bits per heavy atom. The summed E-state index contributed by atoms with van der Waals surface area (Å²) >= 11 is 0. The number of rotatable bonds is 3. The fourth-order valence-corrected chi connectivity index (χ4v) is 2.63. The van der Waals surface area contributed by atoms with Crippen molar-refractivity contribution >= 4 is 12.4 Å². The van der Waals surface area contributed by atoms with E-state index in [2.05, 4.69) is 46.5 Å². The molecule has 1 N–H and O–H groups in total. The van der Waals surface area contributed by atoms with E-state index in [1.54, 1.807) is 0 Å². The van der Waals surface area contributed by atoms with Crippen molar-refractivity contribution in [2.75, 3.05) is 19.6 Å². The Kier molecular flexibility index (Phi) is 5.17. The summed E-state index contributed by atoms with van der Waals surface area (Å²) in [6.45, 7) is 6.58. The number of hydrogen-bond donors (Lipinski definition) is 1. The predicted octanol–water partition coefficient (Wildman–Crippen LogP) is 2.09. The van der Waals surface area contributed by atoms with Gasteiger partial charge < -0.3 is 5.32 Å². The van der Waals surface area contributed by atoms with Crippen LogP contribution < -0.4 is 5.32 Å². The molecule has 1 fully saturated rings. The third-order valence-electron chi connectivity index (χ3n) is 3.54. The number of piperazine rings is 1. The number of benzene rings is 1. The second-order valence-corrected chi connectivity index (χ2v) is 5.21. The summed E-state index contributed by atoms with van der Waals surface area (Å²) in [5, 5.41) is 7.76. The molecular weight excluding hydrogens is 272 g/mol. The van der Waals surface area contributed by atoms with Gasteiger partial charge in [0, 0.05) is 44.6 Å². The van der Waals surface area contributed by atoms with Crippen LogP contribution in [-0.4, -0.2) is 40.4 Å². The summed E-state index contributed by atoms with van der Waals surface area (Å²) in [6, 6.07) is 11.2. The van der Waals surface area contributed by atoms with E-state index in [9.17, 15) is 0 Å². The molecule has 5 heteroatoms. The first-order valence-electron chi connectivity index (χ1n) is 6.86. The minimum Gasteiger partial charge on any atom is -0.312 e. The van der Waals surface area contributed by atoms with Gasteiger partial charge in [-0.3, -0.25) is 4.90 Å². The molecule has 1 aromatic heterocycles. The first-order valence-corrected chi connectivity index (χ1v) is 6.86. The third-order valence-corrected chi connectivity index (χ3v) is 3.54. The molecule has 1 saturated heterocycles. The van der Waals surface area contributed by atoms with E-state index in [0.29, 0.717) is 6.04 Å². The molecule has 0 spiro atoms. The van der Waals surface area contributed by atoms with Crippen molar-refractivity contribution in [3.05, 3.63) is 48.3 Å². The maximum atomic E-state index is 4.28. The summed E-state index contributed by atoms with van der Waals surface area (Å²) in [5.41, 5.74) is 2.48. The minimum atomic E-state index is 0. The second kappa shape index (κ2) is 6.88. The van der Waals surface area contributed by atoms with Crippen LogP contribution in [0.15, 0.2) is 42.7 Å². The predicted molar refractivity (Wildman–Crippen MR) is 83.6 cm³/mol. The van der Waals surface area contributed by atoms with Crippen LogP contribution in [0.25, 0.3) is 5.69 Å². The van der Waals surface area contributed by atoms with Crippen LogP contribution in [0.4, 0.5) is 0 Å². The van der Waals surface area contributed by atoms with Crippen molar-refractivity contribution in [2.24, 2.45) is 0 Å². The van der Waals surface area contributed by atoms with E-state index in [4.69, 9.17) is 0 Å². The Morgan fingerprint density at radius 2 is 2.25 bits per heavy atom. The molecule has 108 valence electrons. The highest BCUT2D eigenvalue weighted by Gasteiger charge is 2.15. The average Bonchev–Trinajstić information content (AvgIpc) is 2.93. The highest BCUT2D eigenvalue weighted by molar-refractivity contribution is 5.85. The molecule has 0 radical (unpaired) electrons. The van der Waals surface area contributed by atoms with Crippen molar-refractivity contribution < 1.29 is 0 Å². The Hall–Kier alpha value is -1.36. The van der Waals surface area contributed by atoms with Gasteiger partial charge in [0.2, 0.25) is 0 Å². The van der Waals surface area contributed by atoms with Crippen LogP contribution in [0.5, 0.6) is 0 Å². The fourth-order valence-electron chi connectivity index (χ4n) is 2.63. The monoisotopic (exact) mass is 292 g/mol.